The number of hydrogen-bond acceptors (Lipinski definition) is 5. The van der Waals surface area contributed by atoms with E-state index in [4.69, 9.17) is 0 Å². The number of hydrogen-bond donors (Lipinski definition) is 2. The van der Waals surface area contributed by atoms with E-state index in [1.54, 1.807) is 41.7 Å². The second-order valence-corrected chi connectivity index (χ2v) is 7.31. The standard InChI is InChI=1S/C18H17FN6OS/c1-25-17(22-23-24-25)11-3-2-4-13(9-11)20-18(26)21-15-7-8-27-16-6-5-12(19)10-14(15)16/h2-6,9-10,15H,7-8H2,1H3,(H2,20,21,26). The summed E-state index contributed by atoms with van der Waals surface area (Å²) < 4.78 is 15.2. The molecule has 0 fully saturated rings. The van der Waals surface area contributed by atoms with Gasteiger partial charge in [0.1, 0.15) is 5.82 Å². The maximum absolute atomic E-state index is 13.6. The molecule has 1 unspecified atom stereocenters. The third-order valence-corrected chi connectivity index (χ3v) is 5.44. The fourth-order valence-corrected chi connectivity index (χ4v) is 4.16. The van der Waals surface area contributed by atoms with E-state index in [9.17, 15) is 9.18 Å². The van der Waals surface area contributed by atoms with Gasteiger partial charge in [-0.15, -0.1) is 16.9 Å². The fourth-order valence-electron chi connectivity index (χ4n) is 3.05. The summed E-state index contributed by atoms with van der Waals surface area (Å²) in [6, 6.07) is 11.4. The molecule has 0 radical (unpaired) electrons. The number of benzene rings is 2. The predicted molar refractivity (Wildman–Crippen MR) is 101 cm³/mol. The smallest absolute Gasteiger partial charge is 0.319 e. The van der Waals surface area contributed by atoms with Crippen LogP contribution in [0.15, 0.2) is 47.4 Å². The number of aromatic nitrogens is 4. The van der Waals surface area contributed by atoms with Crippen molar-refractivity contribution in [1.82, 2.24) is 25.5 Å². The average Bonchev–Trinajstić information content (AvgIpc) is 3.08. The Labute approximate surface area is 159 Å². The molecular weight excluding hydrogens is 367 g/mol. The van der Waals surface area contributed by atoms with E-state index in [0.717, 1.165) is 28.2 Å². The monoisotopic (exact) mass is 384 g/mol. The van der Waals surface area contributed by atoms with Crippen LogP contribution in [0.5, 0.6) is 0 Å². The molecule has 9 heteroatoms. The van der Waals surface area contributed by atoms with E-state index in [1.165, 1.54) is 12.1 Å². The summed E-state index contributed by atoms with van der Waals surface area (Å²) in [4.78, 5) is 13.5. The van der Waals surface area contributed by atoms with E-state index in [-0.39, 0.29) is 17.9 Å². The number of urea groups is 1. The first-order chi connectivity index (χ1) is 13.1. The van der Waals surface area contributed by atoms with Gasteiger partial charge in [-0.2, -0.15) is 0 Å². The fraction of sp³-hybridized carbons (Fsp3) is 0.222. The van der Waals surface area contributed by atoms with Gasteiger partial charge in [0.2, 0.25) is 0 Å². The van der Waals surface area contributed by atoms with Gasteiger partial charge >= 0.3 is 6.03 Å². The van der Waals surface area contributed by atoms with Gasteiger partial charge in [-0.1, -0.05) is 12.1 Å². The Kier molecular flexibility index (Phi) is 4.76. The number of thioether (sulfide) groups is 1. The van der Waals surface area contributed by atoms with Crippen molar-refractivity contribution in [2.24, 2.45) is 7.05 Å². The lowest BCUT2D eigenvalue weighted by atomic mass is 10.0. The van der Waals surface area contributed by atoms with Crippen molar-refractivity contribution >= 4 is 23.5 Å². The zero-order valence-electron chi connectivity index (χ0n) is 14.5. The van der Waals surface area contributed by atoms with Crippen LogP contribution >= 0.6 is 11.8 Å². The number of nitrogens with zero attached hydrogens (tertiary/aromatic N) is 4. The quantitative estimate of drug-likeness (QED) is 0.723. The molecule has 27 heavy (non-hydrogen) atoms. The molecule has 0 spiro atoms. The topological polar surface area (TPSA) is 84.7 Å². The number of carbonyl (C=O) groups excluding carboxylic acids is 1. The molecule has 0 aliphatic carbocycles. The van der Waals surface area contributed by atoms with Gasteiger partial charge in [-0.05, 0) is 52.7 Å². The molecule has 0 bridgehead atoms. The van der Waals surface area contributed by atoms with Gasteiger partial charge in [-0.3, -0.25) is 0 Å². The number of fused-ring (bicyclic) bond motifs is 1. The largest absolute Gasteiger partial charge is 0.331 e. The predicted octanol–water partition coefficient (Wildman–Crippen LogP) is 3.37. The second kappa shape index (κ2) is 7.36. The minimum absolute atomic E-state index is 0.219. The maximum atomic E-state index is 13.6. The molecule has 2 N–H and O–H groups in total. The van der Waals surface area contributed by atoms with E-state index in [2.05, 4.69) is 26.2 Å². The van der Waals surface area contributed by atoms with Gasteiger partial charge < -0.3 is 10.6 Å². The first-order valence-corrected chi connectivity index (χ1v) is 9.41. The normalized spacial score (nSPS) is 15.9. The number of carbonyl (C=O) groups is 1. The van der Waals surface area contributed by atoms with Crippen LogP contribution in [0, 0.1) is 5.82 Å². The first-order valence-electron chi connectivity index (χ1n) is 8.43. The molecule has 138 valence electrons. The van der Waals surface area contributed by atoms with E-state index >= 15 is 0 Å². The van der Waals surface area contributed by atoms with E-state index in [0.29, 0.717) is 11.5 Å². The Morgan fingerprint density at radius 1 is 1.30 bits per heavy atom. The number of tetrazole rings is 1. The molecular formula is C18H17FN6OS. The highest BCUT2D eigenvalue weighted by Gasteiger charge is 2.23. The third-order valence-electron chi connectivity index (χ3n) is 4.32. The molecule has 2 amide bonds. The Morgan fingerprint density at radius 3 is 3.00 bits per heavy atom. The minimum atomic E-state index is -0.338. The molecule has 0 saturated heterocycles. The number of anilines is 1. The lowest BCUT2D eigenvalue weighted by molar-refractivity contribution is 0.248. The average molecular weight is 384 g/mol. The van der Waals surface area contributed by atoms with Crippen LogP contribution in [0.1, 0.15) is 18.0 Å². The number of nitrogens with one attached hydrogen (secondary N) is 2. The summed E-state index contributed by atoms with van der Waals surface area (Å²) in [6.45, 7) is 0. The summed E-state index contributed by atoms with van der Waals surface area (Å²) in [5.41, 5.74) is 2.24. The SMILES string of the molecule is Cn1nnnc1-c1cccc(NC(=O)NC2CCSc3ccc(F)cc32)c1. The summed E-state index contributed by atoms with van der Waals surface area (Å²) in [7, 11) is 1.75. The van der Waals surface area contributed by atoms with Gasteiger partial charge in [0.05, 0.1) is 6.04 Å². The Hall–Kier alpha value is -2.94. The molecule has 3 aromatic rings. The molecule has 2 aromatic carbocycles. The van der Waals surface area contributed by atoms with E-state index < -0.39 is 0 Å². The van der Waals surface area contributed by atoms with Gasteiger partial charge in [-0.25, -0.2) is 13.9 Å². The number of amides is 2. The van der Waals surface area contributed by atoms with Crippen LogP contribution in [-0.2, 0) is 7.05 Å². The molecule has 4 rings (SSSR count). The molecule has 7 nitrogen and oxygen atoms in total. The molecule has 1 atom stereocenters. The molecule has 1 aromatic heterocycles. The zero-order valence-corrected chi connectivity index (χ0v) is 15.3. The van der Waals surface area contributed by atoms with Crippen molar-refractivity contribution in [3.05, 3.63) is 53.8 Å². The van der Waals surface area contributed by atoms with Crippen LogP contribution in [-0.4, -0.2) is 32.0 Å². The summed E-state index contributed by atoms with van der Waals surface area (Å²) >= 11 is 1.67. The Bertz CT molecular complexity index is 991. The van der Waals surface area contributed by atoms with Crippen molar-refractivity contribution in [2.75, 3.05) is 11.1 Å². The maximum Gasteiger partial charge on any atom is 0.319 e. The van der Waals surface area contributed by atoms with Crippen molar-refractivity contribution < 1.29 is 9.18 Å². The van der Waals surface area contributed by atoms with Crippen molar-refractivity contribution in [1.29, 1.82) is 0 Å². The lowest BCUT2D eigenvalue weighted by Gasteiger charge is -2.26. The molecule has 2 heterocycles. The number of rotatable bonds is 3. The zero-order chi connectivity index (χ0) is 18.8. The van der Waals surface area contributed by atoms with Crippen LogP contribution in [0.4, 0.5) is 14.9 Å². The van der Waals surface area contributed by atoms with Gasteiger partial charge in [0, 0.05) is 28.9 Å². The Balaban J connectivity index is 1.48. The minimum Gasteiger partial charge on any atom is -0.331 e. The molecule has 1 aliphatic heterocycles. The molecule has 1 aliphatic rings. The summed E-state index contributed by atoms with van der Waals surface area (Å²) in [6.07, 6.45) is 0.749. The second-order valence-electron chi connectivity index (χ2n) is 6.18. The Morgan fingerprint density at radius 2 is 2.19 bits per heavy atom. The van der Waals surface area contributed by atoms with E-state index in [1.807, 2.05) is 12.1 Å². The number of halogens is 1. The van der Waals surface area contributed by atoms with Crippen LogP contribution in [0.2, 0.25) is 0 Å². The van der Waals surface area contributed by atoms with Crippen LogP contribution in [0.25, 0.3) is 11.4 Å². The van der Waals surface area contributed by atoms with Gasteiger partial charge in [0.25, 0.3) is 0 Å². The van der Waals surface area contributed by atoms with Crippen LogP contribution < -0.4 is 10.6 Å². The highest BCUT2D eigenvalue weighted by Crippen LogP contribution is 2.36. The number of aryl methyl sites for hydroxylation is 1. The van der Waals surface area contributed by atoms with Crippen molar-refractivity contribution in [2.45, 2.75) is 17.4 Å². The van der Waals surface area contributed by atoms with Crippen molar-refractivity contribution in [3.8, 4) is 11.4 Å². The van der Waals surface area contributed by atoms with Crippen molar-refractivity contribution in [3.63, 3.8) is 0 Å². The summed E-state index contributed by atoms with van der Waals surface area (Å²) in [5, 5.41) is 17.2. The lowest BCUT2D eigenvalue weighted by Crippen LogP contribution is -2.34. The van der Waals surface area contributed by atoms with Gasteiger partial charge in [0.15, 0.2) is 5.82 Å². The highest BCUT2D eigenvalue weighted by molar-refractivity contribution is 7.99. The third kappa shape index (κ3) is 3.77. The molecule has 0 saturated carbocycles. The van der Waals surface area contributed by atoms with Crippen LogP contribution in [0.3, 0.4) is 0 Å². The summed E-state index contributed by atoms with van der Waals surface area (Å²) in [5.74, 6) is 1.18. The first kappa shape index (κ1) is 17.5. The highest BCUT2D eigenvalue weighted by atomic mass is 32.2.